The molecule has 0 spiro atoms. The first-order valence-electron chi connectivity index (χ1n) is 3.56. The van der Waals surface area contributed by atoms with Gasteiger partial charge >= 0.3 is 0 Å². The van der Waals surface area contributed by atoms with Crippen LogP contribution in [0.1, 0.15) is 0 Å². The fourth-order valence-electron chi connectivity index (χ4n) is 0.932. The van der Waals surface area contributed by atoms with Crippen molar-refractivity contribution in [2.24, 2.45) is 0 Å². The SMILES string of the molecule is CN(C=O)CN1C=CC=CC1. The molecule has 3 nitrogen and oxygen atoms in total. The lowest BCUT2D eigenvalue weighted by molar-refractivity contribution is -0.118. The van der Waals surface area contributed by atoms with Gasteiger partial charge in [0.2, 0.25) is 6.41 Å². The summed E-state index contributed by atoms with van der Waals surface area (Å²) in [5.74, 6) is 0. The van der Waals surface area contributed by atoms with Crippen LogP contribution in [0.4, 0.5) is 0 Å². The standard InChI is InChI=1S/C8H12N2O/c1-9(8-11)7-10-5-3-2-4-6-10/h2-5,8H,6-7H2,1H3. The Kier molecular flexibility index (Phi) is 2.72. The Balaban J connectivity index is 2.32. The van der Waals surface area contributed by atoms with E-state index in [9.17, 15) is 4.79 Å². The number of carbonyl (C=O) groups is 1. The molecule has 0 bridgehead atoms. The quantitative estimate of drug-likeness (QED) is 0.547. The predicted molar refractivity (Wildman–Crippen MR) is 43.7 cm³/mol. The maximum atomic E-state index is 10.2. The van der Waals surface area contributed by atoms with Crippen LogP contribution in [0.15, 0.2) is 24.4 Å². The van der Waals surface area contributed by atoms with Crippen molar-refractivity contribution in [3.63, 3.8) is 0 Å². The molecule has 1 rings (SSSR count). The van der Waals surface area contributed by atoms with E-state index in [1.54, 1.807) is 11.9 Å². The number of rotatable bonds is 3. The fraction of sp³-hybridized carbons (Fsp3) is 0.375. The topological polar surface area (TPSA) is 23.6 Å². The highest BCUT2D eigenvalue weighted by molar-refractivity contribution is 5.46. The van der Waals surface area contributed by atoms with Crippen LogP contribution in [0.25, 0.3) is 0 Å². The molecule has 0 unspecified atom stereocenters. The molecular weight excluding hydrogens is 140 g/mol. The number of allylic oxidation sites excluding steroid dienone is 2. The summed E-state index contributed by atoms with van der Waals surface area (Å²) in [5.41, 5.74) is 0. The summed E-state index contributed by atoms with van der Waals surface area (Å²) >= 11 is 0. The largest absolute Gasteiger partial charge is 0.356 e. The third-order valence-electron chi connectivity index (χ3n) is 1.47. The molecule has 0 N–H and O–H groups in total. The zero-order valence-electron chi connectivity index (χ0n) is 6.60. The Morgan fingerprint density at radius 3 is 3.00 bits per heavy atom. The van der Waals surface area contributed by atoms with Crippen LogP contribution in [0.5, 0.6) is 0 Å². The lowest BCUT2D eigenvalue weighted by atomic mass is 10.4. The minimum absolute atomic E-state index is 0.657. The van der Waals surface area contributed by atoms with Crippen LogP contribution in [-0.2, 0) is 4.79 Å². The minimum Gasteiger partial charge on any atom is -0.356 e. The first-order chi connectivity index (χ1) is 5.33. The number of hydrogen-bond donors (Lipinski definition) is 0. The van der Waals surface area contributed by atoms with E-state index in [0.717, 1.165) is 13.0 Å². The lowest BCUT2D eigenvalue weighted by Crippen LogP contribution is -2.32. The summed E-state index contributed by atoms with van der Waals surface area (Å²) in [5, 5.41) is 0. The van der Waals surface area contributed by atoms with Gasteiger partial charge in [0.1, 0.15) is 0 Å². The van der Waals surface area contributed by atoms with Gasteiger partial charge in [0.15, 0.2) is 0 Å². The summed E-state index contributed by atoms with van der Waals surface area (Å²) < 4.78 is 0. The normalized spacial score (nSPS) is 15.2. The van der Waals surface area contributed by atoms with Crippen molar-refractivity contribution in [2.45, 2.75) is 0 Å². The maximum Gasteiger partial charge on any atom is 0.210 e. The molecule has 11 heavy (non-hydrogen) atoms. The van der Waals surface area contributed by atoms with Crippen LogP contribution >= 0.6 is 0 Å². The predicted octanol–water partition coefficient (Wildman–Crippen LogP) is 0.418. The van der Waals surface area contributed by atoms with Crippen molar-refractivity contribution in [3.8, 4) is 0 Å². The number of hydrogen-bond acceptors (Lipinski definition) is 2. The van der Waals surface area contributed by atoms with E-state index < -0.39 is 0 Å². The smallest absolute Gasteiger partial charge is 0.210 e. The highest BCUT2D eigenvalue weighted by atomic mass is 16.1. The van der Waals surface area contributed by atoms with E-state index in [1.807, 2.05) is 18.4 Å². The molecule has 60 valence electrons. The average molecular weight is 152 g/mol. The molecule has 0 atom stereocenters. The van der Waals surface area contributed by atoms with Crippen LogP contribution in [0.3, 0.4) is 0 Å². The minimum atomic E-state index is 0.657. The maximum absolute atomic E-state index is 10.2. The molecule has 0 aromatic rings. The third-order valence-corrected chi connectivity index (χ3v) is 1.47. The van der Waals surface area contributed by atoms with E-state index in [4.69, 9.17) is 0 Å². The number of amides is 1. The van der Waals surface area contributed by atoms with Crippen molar-refractivity contribution >= 4 is 6.41 Å². The molecule has 0 saturated carbocycles. The van der Waals surface area contributed by atoms with Crippen molar-refractivity contribution in [1.29, 1.82) is 0 Å². The van der Waals surface area contributed by atoms with E-state index in [-0.39, 0.29) is 0 Å². The van der Waals surface area contributed by atoms with Crippen LogP contribution in [0, 0.1) is 0 Å². The first-order valence-corrected chi connectivity index (χ1v) is 3.56. The van der Waals surface area contributed by atoms with Gasteiger partial charge in [-0.05, 0) is 6.08 Å². The van der Waals surface area contributed by atoms with Gasteiger partial charge in [-0.1, -0.05) is 12.2 Å². The van der Waals surface area contributed by atoms with Gasteiger partial charge < -0.3 is 9.80 Å². The summed E-state index contributed by atoms with van der Waals surface area (Å²) in [7, 11) is 1.76. The first kappa shape index (κ1) is 7.85. The summed E-state index contributed by atoms with van der Waals surface area (Å²) in [4.78, 5) is 13.9. The van der Waals surface area contributed by atoms with E-state index in [2.05, 4.69) is 11.0 Å². The Bertz CT molecular complexity index is 187. The summed E-state index contributed by atoms with van der Waals surface area (Å²) in [6.07, 6.45) is 8.81. The van der Waals surface area contributed by atoms with Gasteiger partial charge in [0, 0.05) is 19.8 Å². The molecular formula is C8H12N2O. The summed E-state index contributed by atoms with van der Waals surface area (Å²) in [6, 6.07) is 0. The Labute approximate surface area is 66.6 Å². The van der Waals surface area contributed by atoms with Gasteiger partial charge in [-0.15, -0.1) is 0 Å². The molecule has 0 aliphatic carbocycles. The Morgan fingerprint density at radius 1 is 1.64 bits per heavy atom. The monoisotopic (exact) mass is 152 g/mol. The van der Waals surface area contributed by atoms with Crippen molar-refractivity contribution in [2.75, 3.05) is 20.3 Å². The molecule has 1 heterocycles. The van der Waals surface area contributed by atoms with E-state index in [0.29, 0.717) is 6.67 Å². The van der Waals surface area contributed by atoms with Gasteiger partial charge in [-0.3, -0.25) is 4.79 Å². The highest BCUT2D eigenvalue weighted by Crippen LogP contribution is 1.97. The van der Waals surface area contributed by atoms with Crippen molar-refractivity contribution in [1.82, 2.24) is 9.80 Å². The Hall–Kier alpha value is -1.25. The van der Waals surface area contributed by atoms with Gasteiger partial charge in [0.05, 0.1) is 6.67 Å². The fourth-order valence-corrected chi connectivity index (χ4v) is 0.932. The second-order valence-corrected chi connectivity index (χ2v) is 2.54. The molecule has 0 fully saturated rings. The van der Waals surface area contributed by atoms with Gasteiger partial charge in [0.25, 0.3) is 0 Å². The van der Waals surface area contributed by atoms with Crippen LogP contribution < -0.4 is 0 Å². The van der Waals surface area contributed by atoms with Gasteiger partial charge in [-0.2, -0.15) is 0 Å². The molecule has 3 heteroatoms. The van der Waals surface area contributed by atoms with Crippen LogP contribution in [0.2, 0.25) is 0 Å². The van der Waals surface area contributed by atoms with Crippen molar-refractivity contribution in [3.05, 3.63) is 24.4 Å². The molecule has 0 radical (unpaired) electrons. The van der Waals surface area contributed by atoms with Crippen molar-refractivity contribution < 1.29 is 4.79 Å². The molecule has 1 aliphatic heterocycles. The number of carbonyl (C=O) groups excluding carboxylic acids is 1. The third kappa shape index (κ3) is 2.45. The highest BCUT2D eigenvalue weighted by Gasteiger charge is 2.00. The zero-order chi connectivity index (χ0) is 8.10. The average Bonchev–Trinajstić information content (AvgIpc) is 2.06. The second-order valence-electron chi connectivity index (χ2n) is 2.54. The lowest BCUT2D eigenvalue weighted by Gasteiger charge is -2.24. The molecule has 1 aliphatic rings. The molecule has 0 aromatic heterocycles. The van der Waals surface area contributed by atoms with Gasteiger partial charge in [-0.25, -0.2) is 0 Å². The second kappa shape index (κ2) is 3.81. The summed E-state index contributed by atoms with van der Waals surface area (Å²) in [6.45, 7) is 1.54. The molecule has 0 saturated heterocycles. The number of nitrogens with zero attached hydrogens (tertiary/aromatic N) is 2. The Morgan fingerprint density at radius 2 is 2.45 bits per heavy atom. The molecule has 1 amide bonds. The van der Waals surface area contributed by atoms with Crippen LogP contribution in [-0.4, -0.2) is 36.5 Å². The zero-order valence-corrected chi connectivity index (χ0v) is 6.60. The van der Waals surface area contributed by atoms with E-state index >= 15 is 0 Å². The molecule has 0 aromatic carbocycles. The van der Waals surface area contributed by atoms with E-state index in [1.165, 1.54) is 0 Å².